The minimum absolute atomic E-state index is 0.292. The zero-order valence-corrected chi connectivity index (χ0v) is 18.8. The molecule has 2 aromatic rings. The highest BCUT2D eigenvalue weighted by atomic mass is 79.9. The number of nitrogens with one attached hydrogen (secondary N) is 1. The Kier molecular flexibility index (Phi) is 7.95. The van der Waals surface area contributed by atoms with Crippen molar-refractivity contribution in [3.05, 3.63) is 57.6 Å². The number of hydrogen-bond acceptors (Lipinski definition) is 4. The Morgan fingerprint density at radius 1 is 1.21 bits per heavy atom. The molecular weight excluding hydrogens is 432 g/mol. The van der Waals surface area contributed by atoms with E-state index in [-0.39, 0.29) is 0 Å². The molecule has 0 atom stereocenters. The summed E-state index contributed by atoms with van der Waals surface area (Å²) in [7, 11) is 1.66. The normalized spacial score (nSPS) is 13.8. The first kappa shape index (κ1) is 21.7. The van der Waals surface area contributed by atoms with E-state index >= 15 is 0 Å². The van der Waals surface area contributed by atoms with Crippen molar-refractivity contribution in [3.8, 4) is 11.5 Å². The Hall–Kier alpha value is -2.05. The molecular formula is C23H29BrN2O3. The molecule has 156 valence electrons. The smallest absolute Gasteiger partial charge is 0.222 e. The molecule has 1 aliphatic rings. The number of aryl methyl sites for hydroxylation is 1. The molecule has 0 saturated carbocycles. The third kappa shape index (κ3) is 6.21. The minimum atomic E-state index is 0.292. The van der Waals surface area contributed by atoms with Crippen LogP contribution in [0.5, 0.6) is 11.5 Å². The van der Waals surface area contributed by atoms with E-state index in [1.54, 1.807) is 7.11 Å². The number of carbonyl (C=O) groups excluding carboxylic acids is 1. The number of amides is 1. The van der Waals surface area contributed by atoms with Gasteiger partial charge in [-0.2, -0.15) is 0 Å². The van der Waals surface area contributed by atoms with Crippen LogP contribution in [0.1, 0.15) is 36.0 Å². The summed E-state index contributed by atoms with van der Waals surface area (Å²) < 4.78 is 12.5. The van der Waals surface area contributed by atoms with Crippen LogP contribution in [0.3, 0.4) is 0 Å². The summed E-state index contributed by atoms with van der Waals surface area (Å²) in [5, 5.41) is 3.45. The largest absolute Gasteiger partial charge is 0.493 e. The highest BCUT2D eigenvalue weighted by Gasteiger charge is 2.19. The molecule has 0 unspecified atom stereocenters. The zero-order valence-electron chi connectivity index (χ0n) is 17.2. The molecule has 0 radical (unpaired) electrons. The molecule has 0 aromatic heterocycles. The van der Waals surface area contributed by atoms with Gasteiger partial charge in [-0.05, 0) is 65.5 Å². The molecule has 1 aliphatic heterocycles. The van der Waals surface area contributed by atoms with Crippen molar-refractivity contribution in [1.82, 2.24) is 10.2 Å². The summed E-state index contributed by atoms with van der Waals surface area (Å²) in [5.74, 6) is 1.72. The highest BCUT2D eigenvalue weighted by Crippen LogP contribution is 2.37. The van der Waals surface area contributed by atoms with E-state index in [0.717, 1.165) is 54.6 Å². The molecule has 1 fully saturated rings. The number of rotatable bonds is 10. The van der Waals surface area contributed by atoms with Crippen LogP contribution in [0.25, 0.3) is 0 Å². The van der Waals surface area contributed by atoms with Crippen LogP contribution in [0.4, 0.5) is 0 Å². The summed E-state index contributed by atoms with van der Waals surface area (Å²) in [5.41, 5.74) is 3.46. The number of carbonyl (C=O) groups is 1. The second kappa shape index (κ2) is 10.6. The van der Waals surface area contributed by atoms with E-state index in [9.17, 15) is 4.79 Å². The van der Waals surface area contributed by atoms with Gasteiger partial charge >= 0.3 is 0 Å². The van der Waals surface area contributed by atoms with Crippen LogP contribution in [0.2, 0.25) is 0 Å². The second-order valence-corrected chi connectivity index (χ2v) is 8.26. The van der Waals surface area contributed by atoms with Gasteiger partial charge in [0.05, 0.1) is 11.6 Å². The third-order valence-electron chi connectivity index (χ3n) is 5.04. The Labute approximate surface area is 181 Å². The van der Waals surface area contributed by atoms with E-state index in [4.69, 9.17) is 9.47 Å². The quantitative estimate of drug-likeness (QED) is 0.532. The lowest BCUT2D eigenvalue weighted by atomic mass is 10.1. The van der Waals surface area contributed by atoms with E-state index in [0.29, 0.717) is 30.4 Å². The predicted molar refractivity (Wildman–Crippen MR) is 118 cm³/mol. The van der Waals surface area contributed by atoms with Crippen LogP contribution < -0.4 is 14.8 Å². The standard InChI is InChI=1S/C23H29BrN2O3/c1-17-6-3-7-18(12-17)16-29-23-20(24)13-19(14-21(23)28-2)15-25-9-5-11-26-10-4-8-22(26)27/h3,6-7,12-14,25H,4-5,8-11,15-16H2,1-2H3. The van der Waals surface area contributed by atoms with Crippen LogP contribution in [0, 0.1) is 6.92 Å². The number of ether oxygens (including phenoxy) is 2. The van der Waals surface area contributed by atoms with Crippen LogP contribution in [0.15, 0.2) is 40.9 Å². The predicted octanol–water partition coefficient (Wildman–Crippen LogP) is 4.45. The van der Waals surface area contributed by atoms with E-state index in [2.05, 4.69) is 52.4 Å². The fourth-order valence-electron chi connectivity index (χ4n) is 3.54. The SMILES string of the molecule is COc1cc(CNCCCN2CCCC2=O)cc(Br)c1OCc1cccc(C)c1. The Morgan fingerprint density at radius 3 is 2.79 bits per heavy atom. The minimum Gasteiger partial charge on any atom is -0.493 e. The highest BCUT2D eigenvalue weighted by molar-refractivity contribution is 9.10. The second-order valence-electron chi connectivity index (χ2n) is 7.40. The van der Waals surface area contributed by atoms with E-state index in [1.807, 2.05) is 17.0 Å². The molecule has 5 nitrogen and oxygen atoms in total. The molecule has 2 aromatic carbocycles. The maximum absolute atomic E-state index is 11.6. The average molecular weight is 461 g/mol. The molecule has 1 amide bonds. The van der Waals surface area contributed by atoms with Gasteiger partial charge in [-0.25, -0.2) is 0 Å². The van der Waals surface area contributed by atoms with Gasteiger partial charge in [-0.15, -0.1) is 0 Å². The number of nitrogens with zero attached hydrogens (tertiary/aromatic N) is 1. The van der Waals surface area contributed by atoms with Gasteiger partial charge in [-0.3, -0.25) is 4.79 Å². The van der Waals surface area contributed by atoms with Crippen molar-refractivity contribution < 1.29 is 14.3 Å². The lowest BCUT2D eigenvalue weighted by Crippen LogP contribution is -2.28. The van der Waals surface area contributed by atoms with Crippen molar-refractivity contribution in [3.63, 3.8) is 0 Å². The van der Waals surface area contributed by atoms with Gasteiger partial charge in [0.2, 0.25) is 5.91 Å². The number of benzene rings is 2. The number of methoxy groups -OCH3 is 1. The van der Waals surface area contributed by atoms with Crippen molar-refractivity contribution in [2.75, 3.05) is 26.7 Å². The van der Waals surface area contributed by atoms with Crippen molar-refractivity contribution in [2.45, 2.75) is 39.3 Å². The first-order chi connectivity index (χ1) is 14.1. The maximum atomic E-state index is 11.6. The van der Waals surface area contributed by atoms with Gasteiger partial charge in [0, 0.05) is 26.1 Å². The maximum Gasteiger partial charge on any atom is 0.222 e. The Bertz CT molecular complexity index is 841. The molecule has 1 N–H and O–H groups in total. The summed E-state index contributed by atoms with van der Waals surface area (Å²) in [6.07, 6.45) is 2.67. The van der Waals surface area contributed by atoms with Crippen molar-refractivity contribution in [2.24, 2.45) is 0 Å². The van der Waals surface area contributed by atoms with Crippen LogP contribution >= 0.6 is 15.9 Å². The number of likely N-dealkylation sites (tertiary alicyclic amines) is 1. The van der Waals surface area contributed by atoms with Gasteiger partial charge < -0.3 is 19.7 Å². The lowest BCUT2D eigenvalue weighted by Gasteiger charge is -2.16. The van der Waals surface area contributed by atoms with Crippen LogP contribution in [-0.2, 0) is 17.9 Å². The van der Waals surface area contributed by atoms with Gasteiger partial charge in [0.25, 0.3) is 0 Å². The first-order valence-electron chi connectivity index (χ1n) is 10.1. The topological polar surface area (TPSA) is 50.8 Å². The molecule has 29 heavy (non-hydrogen) atoms. The third-order valence-corrected chi connectivity index (χ3v) is 5.63. The fraction of sp³-hybridized carbons (Fsp3) is 0.435. The number of hydrogen-bond donors (Lipinski definition) is 1. The van der Waals surface area contributed by atoms with E-state index < -0.39 is 0 Å². The monoisotopic (exact) mass is 460 g/mol. The van der Waals surface area contributed by atoms with Gasteiger partial charge in [-0.1, -0.05) is 29.8 Å². The molecule has 1 saturated heterocycles. The summed E-state index contributed by atoms with van der Waals surface area (Å²) >= 11 is 3.62. The molecule has 3 rings (SSSR count). The Morgan fingerprint density at radius 2 is 2.07 bits per heavy atom. The van der Waals surface area contributed by atoms with Crippen molar-refractivity contribution >= 4 is 21.8 Å². The average Bonchev–Trinajstić information content (AvgIpc) is 3.11. The molecule has 0 spiro atoms. The first-order valence-corrected chi connectivity index (χ1v) is 10.9. The molecule has 0 bridgehead atoms. The summed E-state index contributed by atoms with van der Waals surface area (Å²) in [4.78, 5) is 13.6. The zero-order chi connectivity index (χ0) is 20.6. The molecule has 6 heteroatoms. The van der Waals surface area contributed by atoms with Gasteiger partial charge in [0.1, 0.15) is 6.61 Å². The van der Waals surface area contributed by atoms with Crippen molar-refractivity contribution in [1.29, 1.82) is 0 Å². The van der Waals surface area contributed by atoms with Gasteiger partial charge in [0.15, 0.2) is 11.5 Å². The Balaban J connectivity index is 1.51. The summed E-state index contributed by atoms with van der Waals surface area (Å²) in [6.45, 7) is 5.92. The number of halogens is 1. The van der Waals surface area contributed by atoms with E-state index in [1.165, 1.54) is 5.56 Å². The molecule has 0 aliphatic carbocycles. The fourth-order valence-corrected chi connectivity index (χ4v) is 4.14. The van der Waals surface area contributed by atoms with Crippen LogP contribution in [-0.4, -0.2) is 37.6 Å². The molecule has 1 heterocycles. The lowest BCUT2D eigenvalue weighted by molar-refractivity contribution is -0.127. The summed E-state index contributed by atoms with van der Waals surface area (Å²) in [6, 6.07) is 12.4.